The minimum Gasteiger partial charge on any atom is -0.396 e. The maximum atomic E-state index is 12.6. The van der Waals surface area contributed by atoms with Gasteiger partial charge in [-0.15, -0.1) is 10.2 Å². The van der Waals surface area contributed by atoms with Crippen molar-refractivity contribution in [3.05, 3.63) is 5.82 Å². The van der Waals surface area contributed by atoms with Gasteiger partial charge in [0.15, 0.2) is 0 Å². The molecule has 0 saturated carbocycles. The molecule has 1 heterocycles. The standard InChI is InChI=1S/C4H6F2N4O/c5-4(6,1-2-11)3-7-9-10-8-3/h11H,1-2H2,(H,7,8,9,10). The van der Waals surface area contributed by atoms with Crippen LogP contribution in [0.3, 0.4) is 0 Å². The lowest BCUT2D eigenvalue weighted by atomic mass is 10.2. The number of hydrogen-bond donors (Lipinski definition) is 2. The summed E-state index contributed by atoms with van der Waals surface area (Å²) < 4.78 is 25.3. The summed E-state index contributed by atoms with van der Waals surface area (Å²) in [6.07, 6.45) is -0.688. The van der Waals surface area contributed by atoms with Crippen LogP contribution < -0.4 is 0 Å². The molecule has 0 spiro atoms. The fourth-order valence-corrected chi connectivity index (χ4v) is 0.569. The monoisotopic (exact) mass is 164 g/mol. The Balaban J connectivity index is 2.73. The number of aromatic nitrogens is 4. The fourth-order valence-electron chi connectivity index (χ4n) is 0.569. The van der Waals surface area contributed by atoms with E-state index >= 15 is 0 Å². The fraction of sp³-hybridized carbons (Fsp3) is 0.750. The van der Waals surface area contributed by atoms with E-state index in [2.05, 4.69) is 15.4 Å². The van der Waals surface area contributed by atoms with E-state index in [1.54, 1.807) is 0 Å². The predicted molar refractivity (Wildman–Crippen MR) is 29.8 cm³/mol. The number of aliphatic hydroxyl groups excluding tert-OH is 1. The van der Waals surface area contributed by atoms with Crippen molar-refractivity contribution in [3.63, 3.8) is 0 Å². The van der Waals surface area contributed by atoms with Gasteiger partial charge in [-0.2, -0.15) is 14.0 Å². The van der Waals surface area contributed by atoms with Gasteiger partial charge in [0, 0.05) is 13.0 Å². The number of tetrazole rings is 1. The second-order valence-corrected chi connectivity index (χ2v) is 1.91. The van der Waals surface area contributed by atoms with Crippen LogP contribution in [0.5, 0.6) is 0 Å². The van der Waals surface area contributed by atoms with Crippen molar-refractivity contribution >= 4 is 0 Å². The van der Waals surface area contributed by atoms with Gasteiger partial charge in [-0.05, 0) is 5.21 Å². The molecule has 1 aromatic rings. The van der Waals surface area contributed by atoms with Crippen molar-refractivity contribution in [2.75, 3.05) is 6.61 Å². The molecule has 62 valence electrons. The molecule has 0 aliphatic rings. The Bertz CT molecular complexity index is 212. The first-order chi connectivity index (χ1) is 5.17. The molecule has 0 aliphatic heterocycles. The van der Waals surface area contributed by atoms with Crippen molar-refractivity contribution in [2.45, 2.75) is 12.3 Å². The van der Waals surface area contributed by atoms with Gasteiger partial charge in [-0.25, -0.2) is 0 Å². The first-order valence-electron chi connectivity index (χ1n) is 2.89. The molecule has 7 heteroatoms. The van der Waals surface area contributed by atoms with Gasteiger partial charge in [0.1, 0.15) is 0 Å². The Labute approximate surface area is 60.4 Å². The molecule has 0 unspecified atom stereocenters. The number of aromatic amines is 1. The maximum Gasteiger partial charge on any atom is 0.312 e. The van der Waals surface area contributed by atoms with Crippen molar-refractivity contribution in [1.82, 2.24) is 20.6 Å². The Morgan fingerprint density at radius 2 is 2.27 bits per heavy atom. The lowest BCUT2D eigenvalue weighted by Gasteiger charge is -2.08. The number of hydrogen-bond acceptors (Lipinski definition) is 4. The van der Waals surface area contributed by atoms with Crippen molar-refractivity contribution in [3.8, 4) is 0 Å². The molecule has 0 fully saturated rings. The van der Waals surface area contributed by atoms with E-state index in [1.807, 2.05) is 5.21 Å². The first-order valence-corrected chi connectivity index (χ1v) is 2.89. The summed E-state index contributed by atoms with van der Waals surface area (Å²) in [4.78, 5) is 0. The van der Waals surface area contributed by atoms with Gasteiger partial charge in [0.05, 0.1) is 0 Å². The zero-order valence-electron chi connectivity index (χ0n) is 5.46. The van der Waals surface area contributed by atoms with Crippen molar-refractivity contribution < 1.29 is 13.9 Å². The average molecular weight is 164 g/mol. The molecule has 1 rings (SSSR count). The molecular weight excluding hydrogens is 158 g/mol. The molecule has 0 bridgehead atoms. The lowest BCUT2D eigenvalue weighted by Crippen LogP contribution is -2.17. The highest BCUT2D eigenvalue weighted by Gasteiger charge is 2.35. The zero-order valence-corrected chi connectivity index (χ0v) is 5.46. The SMILES string of the molecule is OCCC(F)(F)c1nn[nH]n1. The third-order valence-electron chi connectivity index (χ3n) is 1.10. The minimum absolute atomic E-state index is 0.610. The number of H-pyrrole nitrogens is 1. The number of alkyl halides is 2. The number of nitrogens with zero attached hydrogens (tertiary/aromatic N) is 3. The van der Waals surface area contributed by atoms with Crippen LogP contribution in [0.1, 0.15) is 12.2 Å². The van der Waals surface area contributed by atoms with E-state index in [1.165, 1.54) is 0 Å². The molecule has 0 saturated heterocycles. The Morgan fingerprint density at radius 1 is 1.55 bits per heavy atom. The number of halogens is 2. The van der Waals surface area contributed by atoms with Crippen LogP contribution >= 0.6 is 0 Å². The van der Waals surface area contributed by atoms with Crippen LogP contribution in [0.25, 0.3) is 0 Å². The summed E-state index contributed by atoms with van der Waals surface area (Å²) in [7, 11) is 0. The number of rotatable bonds is 3. The lowest BCUT2D eigenvalue weighted by molar-refractivity contribution is -0.0353. The summed E-state index contributed by atoms with van der Waals surface area (Å²) >= 11 is 0. The molecule has 1 aromatic heterocycles. The summed E-state index contributed by atoms with van der Waals surface area (Å²) in [6.45, 7) is -0.610. The highest BCUT2D eigenvalue weighted by Crippen LogP contribution is 2.26. The van der Waals surface area contributed by atoms with E-state index in [0.717, 1.165) is 0 Å². The molecule has 0 radical (unpaired) electrons. The predicted octanol–water partition coefficient (Wildman–Crippen LogP) is -0.326. The highest BCUT2D eigenvalue weighted by atomic mass is 19.3. The molecule has 5 nitrogen and oxygen atoms in total. The normalized spacial score (nSPS) is 11.9. The van der Waals surface area contributed by atoms with E-state index in [4.69, 9.17) is 5.11 Å². The van der Waals surface area contributed by atoms with Gasteiger partial charge in [0.2, 0.25) is 5.82 Å². The van der Waals surface area contributed by atoms with E-state index in [9.17, 15) is 8.78 Å². The Kier molecular flexibility index (Phi) is 2.08. The quantitative estimate of drug-likeness (QED) is 0.641. The second kappa shape index (κ2) is 2.87. The first kappa shape index (κ1) is 7.99. The van der Waals surface area contributed by atoms with Gasteiger partial charge in [-0.1, -0.05) is 0 Å². The molecule has 0 aliphatic carbocycles. The summed E-state index contributed by atoms with van der Waals surface area (Å²) in [5.74, 6) is -3.88. The molecular formula is C4H6F2N4O. The van der Waals surface area contributed by atoms with E-state index in [0.29, 0.717) is 0 Å². The summed E-state index contributed by atoms with van der Waals surface area (Å²) in [5.41, 5.74) is 0. The second-order valence-electron chi connectivity index (χ2n) is 1.91. The van der Waals surface area contributed by atoms with Gasteiger partial charge in [-0.3, -0.25) is 0 Å². The topological polar surface area (TPSA) is 74.7 Å². The molecule has 11 heavy (non-hydrogen) atoms. The van der Waals surface area contributed by atoms with Crippen molar-refractivity contribution in [1.29, 1.82) is 0 Å². The summed E-state index contributed by atoms with van der Waals surface area (Å²) in [5, 5.41) is 19.3. The van der Waals surface area contributed by atoms with Crippen LogP contribution in [0.4, 0.5) is 8.78 Å². The van der Waals surface area contributed by atoms with Crippen LogP contribution in [0.15, 0.2) is 0 Å². The molecule has 2 N–H and O–H groups in total. The largest absolute Gasteiger partial charge is 0.396 e. The smallest absolute Gasteiger partial charge is 0.312 e. The maximum absolute atomic E-state index is 12.6. The minimum atomic E-state index is -3.19. The molecule has 0 aromatic carbocycles. The van der Waals surface area contributed by atoms with Gasteiger partial charge >= 0.3 is 5.92 Å². The van der Waals surface area contributed by atoms with Crippen LogP contribution in [0, 0.1) is 0 Å². The average Bonchev–Trinajstić information content (AvgIpc) is 2.37. The van der Waals surface area contributed by atoms with Gasteiger partial charge in [0.25, 0.3) is 0 Å². The number of nitrogens with one attached hydrogen (secondary N) is 1. The number of aliphatic hydroxyl groups is 1. The van der Waals surface area contributed by atoms with Gasteiger partial charge < -0.3 is 5.11 Å². The third-order valence-corrected chi connectivity index (χ3v) is 1.10. The molecule has 0 atom stereocenters. The highest BCUT2D eigenvalue weighted by molar-refractivity contribution is 4.89. The van der Waals surface area contributed by atoms with Crippen LogP contribution in [-0.2, 0) is 5.92 Å². The third kappa shape index (κ3) is 1.67. The Hall–Kier alpha value is -1.11. The Morgan fingerprint density at radius 3 is 2.73 bits per heavy atom. The van der Waals surface area contributed by atoms with Crippen LogP contribution in [0.2, 0.25) is 0 Å². The van der Waals surface area contributed by atoms with E-state index < -0.39 is 24.8 Å². The zero-order chi connectivity index (χ0) is 8.32. The van der Waals surface area contributed by atoms with Crippen LogP contribution in [-0.4, -0.2) is 32.3 Å². The van der Waals surface area contributed by atoms with Crippen molar-refractivity contribution in [2.24, 2.45) is 0 Å². The summed E-state index contributed by atoms with van der Waals surface area (Å²) in [6, 6.07) is 0. The molecule has 0 amide bonds. The van der Waals surface area contributed by atoms with E-state index in [-0.39, 0.29) is 0 Å².